The van der Waals surface area contributed by atoms with Crippen molar-refractivity contribution in [3.8, 4) is 0 Å². The Hall–Kier alpha value is -0.665. The molecule has 1 aromatic carbocycles. The van der Waals surface area contributed by atoms with Crippen LogP contribution in [0.2, 0.25) is 6.82 Å². The molecule has 0 amide bonds. The molecule has 17 heavy (non-hydrogen) atoms. The molecular formula is C12H19B3O2. The van der Waals surface area contributed by atoms with E-state index < -0.39 is 0 Å². The van der Waals surface area contributed by atoms with E-state index in [4.69, 9.17) is 9.31 Å². The normalized spacial score (nSPS) is 15.9. The fourth-order valence-corrected chi connectivity index (χ4v) is 2.24. The summed E-state index contributed by atoms with van der Waals surface area (Å²) in [7, 11) is 3.22. The average Bonchev–Trinajstić information content (AvgIpc) is 2.40. The van der Waals surface area contributed by atoms with E-state index in [0.29, 0.717) is 0 Å². The van der Waals surface area contributed by atoms with Gasteiger partial charge in [-0.05, 0) is 11.9 Å². The monoisotopic (exact) mass is 228 g/mol. The van der Waals surface area contributed by atoms with E-state index in [0.717, 1.165) is 32.3 Å². The highest BCUT2D eigenvalue weighted by Gasteiger charge is 2.24. The van der Waals surface area contributed by atoms with Crippen LogP contribution in [0.15, 0.2) is 18.2 Å². The number of hydrogen-bond acceptors (Lipinski definition) is 2. The van der Waals surface area contributed by atoms with E-state index >= 15 is 0 Å². The van der Waals surface area contributed by atoms with Gasteiger partial charge in [0.15, 0.2) is 0 Å². The van der Waals surface area contributed by atoms with Gasteiger partial charge in [-0.15, -0.1) is 0 Å². The standard InChI is InChI=1S/C12H19B3O2/c1-14-9-11-5-10(8-13)6-12(7-11)15-16-3-2-4-17-15/h5-7,14H,2-4,8-9,13H2,1H3. The Morgan fingerprint density at radius 2 is 1.94 bits per heavy atom. The van der Waals surface area contributed by atoms with Crippen molar-refractivity contribution >= 4 is 27.7 Å². The zero-order valence-corrected chi connectivity index (χ0v) is 10.9. The first-order chi connectivity index (χ1) is 8.33. The summed E-state index contributed by atoms with van der Waals surface area (Å²) in [5.41, 5.74) is 3.97. The molecule has 1 heterocycles. The third-order valence-electron chi connectivity index (χ3n) is 3.12. The van der Waals surface area contributed by atoms with Crippen molar-refractivity contribution in [2.45, 2.75) is 25.9 Å². The molecule has 5 heteroatoms. The minimum absolute atomic E-state index is 0.147. The Balaban J connectivity index is 2.21. The fraction of sp³-hybridized carbons (Fsp3) is 0.500. The van der Waals surface area contributed by atoms with Gasteiger partial charge in [-0.1, -0.05) is 48.8 Å². The molecule has 88 valence electrons. The third-order valence-corrected chi connectivity index (χ3v) is 3.12. The maximum atomic E-state index is 5.67. The van der Waals surface area contributed by atoms with Gasteiger partial charge >= 0.3 is 7.12 Å². The molecule has 0 saturated carbocycles. The summed E-state index contributed by atoms with van der Waals surface area (Å²) in [6, 6.07) is 6.75. The van der Waals surface area contributed by atoms with Crippen LogP contribution >= 0.6 is 0 Å². The molecule has 1 saturated heterocycles. The van der Waals surface area contributed by atoms with E-state index in [9.17, 15) is 0 Å². The highest BCUT2D eigenvalue weighted by Crippen LogP contribution is 2.08. The third kappa shape index (κ3) is 3.40. The Morgan fingerprint density at radius 3 is 2.59 bits per heavy atom. The molecule has 0 aliphatic carbocycles. The highest BCUT2D eigenvalue weighted by molar-refractivity contribution is 6.61. The molecule has 0 radical (unpaired) electrons. The molecule has 0 unspecified atom stereocenters. The lowest BCUT2D eigenvalue weighted by Crippen LogP contribution is -2.41. The molecule has 2 rings (SSSR count). The molecule has 0 atom stereocenters. The quantitative estimate of drug-likeness (QED) is 0.671. The smallest absolute Gasteiger partial charge is 0.407 e. The Kier molecular flexibility index (Phi) is 4.75. The molecule has 0 spiro atoms. The van der Waals surface area contributed by atoms with Gasteiger partial charge in [-0.2, -0.15) is 0 Å². The van der Waals surface area contributed by atoms with Gasteiger partial charge in [0.2, 0.25) is 0 Å². The number of benzene rings is 1. The summed E-state index contributed by atoms with van der Waals surface area (Å²) >= 11 is 0. The van der Waals surface area contributed by atoms with Crippen molar-refractivity contribution in [2.24, 2.45) is 0 Å². The second-order valence-electron chi connectivity index (χ2n) is 4.61. The van der Waals surface area contributed by atoms with Crippen molar-refractivity contribution in [1.82, 2.24) is 0 Å². The van der Waals surface area contributed by atoms with Crippen molar-refractivity contribution in [3.05, 3.63) is 29.3 Å². The molecule has 2 nitrogen and oxygen atoms in total. The summed E-state index contributed by atoms with van der Waals surface area (Å²) in [5, 5.41) is 0. The maximum Gasteiger partial charge on any atom is 0.493 e. The number of hydrogen-bond donors (Lipinski definition) is 0. The lowest BCUT2D eigenvalue weighted by atomic mass is 9.70. The van der Waals surface area contributed by atoms with Crippen LogP contribution in [0.5, 0.6) is 0 Å². The van der Waals surface area contributed by atoms with Crippen LogP contribution in [0.1, 0.15) is 17.5 Å². The minimum Gasteiger partial charge on any atom is -0.407 e. The summed E-state index contributed by atoms with van der Waals surface area (Å²) in [6.45, 7) is 3.83. The van der Waals surface area contributed by atoms with Crippen molar-refractivity contribution < 1.29 is 9.31 Å². The fourth-order valence-electron chi connectivity index (χ4n) is 2.24. The van der Waals surface area contributed by atoms with Gasteiger partial charge in [-0.25, -0.2) is 0 Å². The zero-order chi connectivity index (χ0) is 12.1. The first-order valence-corrected chi connectivity index (χ1v) is 6.69. The first kappa shape index (κ1) is 12.8. The molecular weight excluding hydrogens is 209 g/mol. The van der Waals surface area contributed by atoms with Crippen molar-refractivity contribution in [1.29, 1.82) is 0 Å². The van der Waals surface area contributed by atoms with E-state index in [1.54, 1.807) is 0 Å². The molecule has 1 aliphatic heterocycles. The summed E-state index contributed by atoms with van der Waals surface area (Å²) in [6.07, 6.45) is 3.20. The van der Waals surface area contributed by atoms with Gasteiger partial charge in [0.05, 0.1) is 0 Å². The number of rotatable bonds is 4. The van der Waals surface area contributed by atoms with E-state index in [2.05, 4.69) is 32.9 Å². The maximum absolute atomic E-state index is 5.67. The highest BCUT2D eigenvalue weighted by atomic mass is 16.6. The Labute approximate surface area is 106 Å². The zero-order valence-electron chi connectivity index (χ0n) is 10.9. The molecule has 1 aromatic rings. The molecule has 1 aliphatic rings. The molecule has 0 bridgehead atoms. The largest absolute Gasteiger partial charge is 0.493 e. The summed E-state index contributed by atoms with van der Waals surface area (Å²) < 4.78 is 11.3. The predicted octanol–water partition coefficient (Wildman–Crippen LogP) is -0.0636. The Morgan fingerprint density at radius 1 is 1.24 bits per heavy atom. The topological polar surface area (TPSA) is 18.5 Å². The second-order valence-corrected chi connectivity index (χ2v) is 4.61. The average molecular weight is 228 g/mol. The van der Waals surface area contributed by atoms with Crippen LogP contribution < -0.4 is 5.46 Å². The van der Waals surface area contributed by atoms with E-state index in [-0.39, 0.29) is 7.12 Å². The van der Waals surface area contributed by atoms with Gasteiger partial charge in [-0.3, -0.25) is 0 Å². The van der Waals surface area contributed by atoms with E-state index in [1.165, 1.54) is 23.9 Å². The van der Waals surface area contributed by atoms with Crippen LogP contribution in [0.3, 0.4) is 0 Å². The van der Waals surface area contributed by atoms with Crippen LogP contribution in [0.4, 0.5) is 0 Å². The van der Waals surface area contributed by atoms with Gasteiger partial charge in [0.1, 0.15) is 15.1 Å². The Bertz CT molecular complexity index is 365. The van der Waals surface area contributed by atoms with Crippen LogP contribution in [-0.4, -0.2) is 35.5 Å². The van der Waals surface area contributed by atoms with E-state index in [1.807, 2.05) is 0 Å². The molecule has 0 aromatic heterocycles. The van der Waals surface area contributed by atoms with Crippen LogP contribution in [-0.2, 0) is 21.9 Å². The first-order valence-electron chi connectivity index (χ1n) is 6.69. The lowest BCUT2D eigenvalue weighted by Gasteiger charge is -2.21. The van der Waals surface area contributed by atoms with Gasteiger partial charge in [0, 0.05) is 13.2 Å². The van der Waals surface area contributed by atoms with Gasteiger partial charge < -0.3 is 9.31 Å². The minimum atomic E-state index is -0.147. The predicted molar refractivity (Wildman–Crippen MR) is 77.3 cm³/mol. The molecule has 0 N–H and O–H groups in total. The van der Waals surface area contributed by atoms with Crippen LogP contribution in [0, 0.1) is 0 Å². The van der Waals surface area contributed by atoms with Gasteiger partial charge in [0.25, 0.3) is 0 Å². The van der Waals surface area contributed by atoms with Crippen molar-refractivity contribution in [3.63, 3.8) is 0 Å². The van der Waals surface area contributed by atoms with Crippen molar-refractivity contribution in [2.75, 3.05) is 13.2 Å². The SMILES string of the molecule is BCc1cc(CBC)cc(B2OCCCO2)c1. The lowest BCUT2D eigenvalue weighted by molar-refractivity contribution is 0.143. The second kappa shape index (κ2) is 6.32. The summed E-state index contributed by atoms with van der Waals surface area (Å²) in [5.74, 6) is 0. The summed E-state index contributed by atoms with van der Waals surface area (Å²) in [4.78, 5) is 0. The van der Waals surface area contributed by atoms with Crippen LogP contribution in [0.25, 0.3) is 0 Å². The molecule has 1 fully saturated rings.